The van der Waals surface area contributed by atoms with E-state index in [1.807, 2.05) is 42.1 Å². The van der Waals surface area contributed by atoms with Crippen molar-refractivity contribution in [3.05, 3.63) is 66.0 Å². The van der Waals surface area contributed by atoms with Crippen molar-refractivity contribution in [2.24, 2.45) is 0 Å². The van der Waals surface area contributed by atoms with Gasteiger partial charge in [0.25, 0.3) is 0 Å². The number of ether oxygens (including phenoxy) is 5. The van der Waals surface area contributed by atoms with Gasteiger partial charge in [-0.3, -0.25) is 4.79 Å². The van der Waals surface area contributed by atoms with Gasteiger partial charge in [-0.05, 0) is 55.0 Å². The third-order valence-corrected chi connectivity index (χ3v) is 9.87. The highest BCUT2D eigenvalue weighted by Gasteiger charge is 2.11. The predicted molar refractivity (Wildman–Crippen MR) is 225 cm³/mol. The van der Waals surface area contributed by atoms with Gasteiger partial charge >= 0.3 is 0 Å². The standard InChI is InChI=1S/C44H63N5O6S/c1-4-6-7-8-9-10-11-12-13-16-37-56-42-20-15-14-18-39(42)19-17-27-49(26-5-2)43(50)25-28-51-29-30-52-31-32-53-33-34-54-35-36-55-41-23-21-40(22-24-41)44-47-45-38(3)46-48-44/h2,14-15,17-24H,4,6-13,16,25-37H2,1,3H3/b19-17+. The average molecular weight is 790 g/mol. The number of hydrogen-bond acceptors (Lipinski definition) is 11. The predicted octanol–water partition coefficient (Wildman–Crippen LogP) is 8.27. The molecule has 0 N–H and O–H groups in total. The lowest BCUT2D eigenvalue weighted by Gasteiger charge is -2.18. The number of terminal acetylenes is 1. The van der Waals surface area contributed by atoms with Crippen LogP contribution in [0.25, 0.3) is 17.5 Å². The minimum absolute atomic E-state index is 0.0293. The van der Waals surface area contributed by atoms with Gasteiger partial charge in [0.15, 0.2) is 5.82 Å². The second-order valence-corrected chi connectivity index (χ2v) is 14.4. The van der Waals surface area contributed by atoms with Crippen LogP contribution in [-0.4, -0.2) is 110 Å². The molecule has 0 aliphatic rings. The first-order valence-electron chi connectivity index (χ1n) is 20.3. The van der Waals surface area contributed by atoms with Gasteiger partial charge in [0.1, 0.15) is 12.4 Å². The Bertz CT molecular complexity index is 1520. The van der Waals surface area contributed by atoms with Gasteiger partial charge in [0.2, 0.25) is 11.7 Å². The second-order valence-electron chi connectivity index (χ2n) is 13.3. The van der Waals surface area contributed by atoms with E-state index < -0.39 is 0 Å². The molecule has 306 valence electrons. The maximum Gasteiger partial charge on any atom is 0.225 e. The molecule has 0 spiro atoms. The molecule has 1 heterocycles. The zero-order chi connectivity index (χ0) is 39.7. The maximum absolute atomic E-state index is 12.9. The lowest BCUT2D eigenvalue weighted by Crippen LogP contribution is -2.32. The number of carbonyl (C=O) groups is 1. The number of rotatable bonds is 33. The van der Waals surface area contributed by atoms with Crippen LogP contribution in [0.5, 0.6) is 5.75 Å². The Morgan fingerprint density at radius 2 is 1.30 bits per heavy atom. The first kappa shape index (κ1) is 46.5. The number of nitrogens with zero attached hydrogens (tertiary/aromatic N) is 5. The first-order chi connectivity index (χ1) is 27.6. The first-order valence-corrected chi connectivity index (χ1v) is 21.3. The van der Waals surface area contributed by atoms with E-state index in [0.29, 0.717) is 77.7 Å². The zero-order valence-corrected chi connectivity index (χ0v) is 34.5. The lowest BCUT2D eigenvalue weighted by molar-refractivity contribution is -0.131. The third kappa shape index (κ3) is 21.4. The molecule has 0 saturated heterocycles. The average Bonchev–Trinajstić information content (AvgIpc) is 3.22. The molecule has 2 aromatic carbocycles. The maximum atomic E-state index is 12.9. The molecule has 3 rings (SSSR count). The van der Waals surface area contributed by atoms with E-state index in [0.717, 1.165) is 17.1 Å². The number of aromatic nitrogens is 4. The van der Waals surface area contributed by atoms with Crippen LogP contribution in [-0.2, 0) is 23.7 Å². The monoisotopic (exact) mass is 789 g/mol. The van der Waals surface area contributed by atoms with Gasteiger partial charge in [-0.25, -0.2) is 0 Å². The summed E-state index contributed by atoms with van der Waals surface area (Å²) >= 11 is 1.91. The summed E-state index contributed by atoms with van der Waals surface area (Å²) in [6.07, 6.45) is 23.4. The topological polar surface area (TPSA) is 118 Å². The summed E-state index contributed by atoms with van der Waals surface area (Å²) in [5, 5.41) is 15.9. The molecule has 0 radical (unpaired) electrons. The molecule has 56 heavy (non-hydrogen) atoms. The molecule has 0 unspecified atom stereocenters. The van der Waals surface area contributed by atoms with Crippen molar-refractivity contribution in [3.8, 4) is 29.5 Å². The molecule has 12 heteroatoms. The van der Waals surface area contributed by atoms with E-state index >= 15 is 0 Å². The molecule has 0 aliphatic heterocycles. The van der Waals surface area contributed by atoms with Gasteiger partial charge in [-0.1, -0.05) is 101 Å². The van der Waals surface area contributed by atoms with Crippen LogP contribution < -0.4 is 4.74 Å². The molecule has 1 amide bonds. The van der Waals surface area contributed by atoms with E-state index in [1.54, 1.807) is 11.8 Å². The number of thioether (sulfide) groups is 1. The van der Waals surface area contributed by atoms with Crippen LogP contribution in [0.4, 0.5) is 0 Å². The SMILES string of the molecule is C#CCN(C/C=C/c1ccccc1SCCCCCCCCCCCC)C(=O)CCOCCOCCOCCOCCOc1ccc(-c2nnc(C)nn2)cc1. The van der Waals surface area contributed by atoms with Crippen LogP contribution in [0.3, 0.4) is 0 Å². The van der Waals surface area contributed by atoms with Crippen molar-refractivity contribution < 1.29 is 28.5 Å². The summed E-state index contributed by atoms with van der Waals surface area (Å²) in [5.41, 5.74) is 1.99. The van der Waals surface area contributed by atoms with E-state index in [2.05, 4.69) is 63.6 Å². The third-order valence-electron chi connectivity index (χ3n) is 8.70. The highest BCUT2D eigenvalue weighted by Crippen LogP contribution is 2.25. The zero-order valence-electron chi connectivity index (χ0n) is 33.7. The summed E-state index contributed by atoms with van der Waals surface area (Å²) in [5.74, 6) is 5.43. The summed E-state index contributed by atoms with van der Waals surface area (Å²) in [4.78, 5) is 15.8. The number of amides is 1. The normalized spacial score (nSPS) is 11.2. The van der Waals surface area contributed by atoms with Gasteiger partial charge < -0.3 is 28.6 Å². The summed E-state index contributed by atoms with van der Waals surface area (Å²) < 4.78 is 28.0. The summed E-state index contributed by atoms with van der Waals surface area (Å²) in [6, 6.07) is 15.9. The van der Waals surface area contributed by atoms with Crippen LogP contribution in [0, 0.1) is 19.3 Å². The fourth-order valence-corrected chi connectivity index (χ4v) is 6.63. The number of hydrogen-bond donors (Lipinski definition) is 0. The van der Waals surface area contributed by atoms with E-state index in [1.165, 1.54) is 74.7 Å². The Kier molecular flexibility index (Phi) is 26.0. The van der Waals surface area contributed by atoms with Crippen molar-refractivity contribution in [2.45, 2.75) is 89.4 Å². The highest BCUT2D eigenvalue weighted by atomic mass is 32.2. The van der Waals surface area contributed by atoms with E-state index in [4.69, 9.17) is 30.1 Å². The molecule has 0 atom stereocenters. The minimum atomic E-state index is -0.0293. The summed E-state index contributed by atoms with van der Waals surface area (Å²) in [6.45, 7) is 8.56. The van der Waals surface area contributed by atoms with Crippen molar-refractivity contribution in [2.75, 3.05) is 78.3 Å². The van der Waals surface area contributed by atoms with Crippen molar-refractivity contribution in [1.29, 1.82) is 0 Å². The molecular formula is C44H63N5O6S. The Morgan fingerprint density at radius 1 is 0.732 bits per heavy atom. The Morgan fingerprint density at radius 3 is 1.93 bits per heavy atom. The van der Waals surface area contributed by atoms with Crippen molar-refractivity contribution in [3.63, 3.8) is 0 Å². The van der Waals surface area contributed by atoms with Crippen molar-refractivity contribution >= 4 is 23.7 Å². The smallest absolute Gasteiger partial charge is 0.225 e. The molecule has 3 aromatic rings. The molecular weight excluding hydrogens is 727 g/mol. The van der Waals surface area contributed by atoms with Crippen LogP contribution >= 0.6 is 11.8 Å². The lowest BCUT2D eigenvalue weighted by atomic mass is 10.1. The molecule has 0 fully saturated rings. The summed E-state index contributed by atoms with van der Waals surface area (Å²) in [7, 11) is 0. The number of unbranched alkanes of at least 4 members (excludes halogenated alkanes) is 9. The van der Waals surface area contributed by atoms with Gasteiger partial charge in [-0.2, -0.15) is 0 Å². The Hall–Kier alpha value is -3.86. The molecule has 11 nitrogen and oxygen atoms in total. The molecule has 0 aliphatic carbocycles. The largest absolute Gasteiger partial charge is 0.491 e. The van der Waals surface area contributed by atoms with E-state index in [-0.39, 0.29) is 18.9 Å². The fraction of sp³-hybridized carbons (Fsp3) is 0.568. The number of aryl methyl sites for hydroxylation is 1. The van der Waals surface area contributed by atoms with Crippen molar-refractivity contribution in [1.82, 2.24) is 25.3 Å². The number of carbonyl (C=O) groups excluding carboxylic acids is 1. The van der Waals surface area contributed by atoms with Gasteiger partial charge in [0.05, 0.1) is 65.8 Å². The van der Waals surface area contributed by atoms with Crippen LogP contribution in [0.2, 0.25) is 0 Å². The quantitative estimate of drug-likeness (QED) is 0.0337. The highest BCUT2D eigenvalue weighted by molar-refractivity contribution is 7.99. The Labute approximate surface area is 339 Å². The number of benzene rings is 2. The molecule has 0 saturated carbocycles. The Balaban J connectivity index is 1.14. The fourth-order valence-electron chi connectivity index (χ4n) is 5.59. The minimum Gasteiger partial charge on any atom is -0.491 e. The van der Waals surface area contributed by atoms with Gasteiger partial charge in [0, 0.05) is 17.0 Å². The van der Waals surface area contributed by atoms with E-state index in [9.17, 15) is 4.79 Å². The van der Waals surface area contributed by atoms with Gasteiger partial charge in [-0.15, -0.1) is 38.6 Å². The second kappa shape index (κ2) is 31.3. The molecule has 1 aromatic heterocycles. The van der Waals surface area contributed by atoms with Crippen LogP contribution in [0.1, 0.15) is 88.9 Å². The van der Waals surface area contributed by atoms with Crippen LogP contribution in [0.15, 0.2) is 59.5 Å². The molecule has 0 bridgehead atoms.